The van der Waals surface area contributed by atoms with Crippen LogP contribution in [-0.2, 0) is 0 Å². The van der Waals surface area contributed by atoms with Crippen LogP contribution in [0.15, 0.2) is 30.5 Å². The van der Waals surface area contributed by atoms with Crippen LogP contribution in [0.5, 0.6) is 5.75 Å². The first kappa shape index (κ1) is 13.6. The minimum absolute atomic E-state index is 0.222. The highest BCUT2D eigenvalue weighted by Crippen LogP contribution is 2.25. The lowest BCUT2D eigenvalue weighted by atomic mass is 10.1. The summed E-state index contributed by atoms with van der Waals surface area (Å²) in [7, 11) is 1.66. The van der Waals surface area contributed by atoms with Gasteiger partial charge in [0, 0.05) is 24.7 Å². The number of pyridine rings is 1. The summed E-state index contributed by atoms with van der Waals surface area (Å²) in [6.45, 7) is 3.12. The van der Waals surface area contributed by atoms with Gasteiger partial charge in [-0.2, -0.15) is 0 Å². The van der Waals surface area contributed by atoms with Gasteiger partial charge in [-0.1, -0.05) is 13.0 Å². The van der Waals surface area contributed by atoms with E-state index in [2.05, 4.69) is 17.2 Å². The van der Waals surface area contributed by atoms with Gasteiger partial charge in [-0.05, 0) is 35.9 Å². The number of methoxy groups -OCH3 is 1. The zero-order chi connectivity index (χ0) is 13.7. The van der Waals surface area contributed by atoms with Gasteiger partial charge >= 0.3 is 0 Å². The van der Waals surface area contributed by atoms with Gasteiger partial charge in [0.2, 0.25) is 0 Å². The second-order valence-corrected chi connectivity index (χ2v) is 4.74. The quantitative estimate of drug-likeness (QED) is 0.838. The van der Waals surface area contributed by atoms with E-state index in [0.29, 0.717) is 5.92 Å². The van der Waals surface area contributed by atoms with Crippen molar-refractivity contribution in [2.75, 3.05) is 25.6 Å². The first-order chi connectivity index (χ1) is 9.24. The van der Waals surface area contributed by atoms with E-state index < -0.39 is 0 Å². The summed E-state index contributed by atoms with van der Waals surface area (Å²) >= 11 is 0. The van der Waals surface area contributed by atoms with E-state index in [-0.39, 0.29) is 6.61 Å². The number of hydrogen-bond donors (Lipinski definition) is 2. The van der Waals surface area contributed by atoms with Gasteiger partial charge in [0.1, 0.15) is 11.6 Å². The Morgan fingerprint density at radius 2 is 2.21 bits per heavy atom. The van der Waals surface area contributed by atoms with Crippen LogP contribution in [-0.4, -0.2) is 30.4 Å². The lowest BCUT2D eigenvalue weighted by Gasteiger charge is -2.13. The molecule has 0 fully saturated rings. The van der Waals surface area contributed by atoms with Crippen molar-refractivity contribution in [1.29, 1.82) is 0 Å². The zero-order valence-corrected chi connectivity index (χ0v) is 11.4. The number of ether oxygens (including phenoxy) is 1. The summed E-state index contributed by atoms with van der Waals surface area (Å²) in [5.41, 5.74) is 0. The SMILES string of the molecule is COc1ccc2ccnc(NCC(C)CCO)c2c1. The summed E-state index contributed by atoms with van der Waals surface area (Å²) < 4.78 is 5.25. The molecule has 102 valence electrons. The van der Waals surface area contributed by atoms with Gasteiger partial charge < -0.3 is 15.2 Å². The van der Waals surface area contributed by atoms with Crippen molar-refractivity contribution >= 4 is 16.6 Å². The molecule has 0 amide bonds. The van der Waals surface area contributed by atoms with Crippen molar-refractivity contribution < 1.29 is 9.84 Å². The van der Waals surface area contributed by atoms with E-state index in [1.165, 1.54) is 0 Å². The Morgan fingerprint density at radius 1 is 1.37 bits per heavy atom. The topological polar surface area (TPSA) is 54.4 Å². The Morgan fingerprint density at radius 3 is 2.95 bits per heavy atom. The van der Waals surface area contributed by atoms with Crippen molar-refractivity contribution in [3.63, 3.8) is 0 Å². The van der Waals surface area contributed by atoms with E-state index in [4.69, 9.17) is 9.84 Å². The number of benzene rings is 1. The van der Waals surface area contributed by atoms with Crippen LogP contribution in [0.2, 0.25) is 0 Å². The van der Waals surface area contributed by atoms with Crippen LogP contribution in [0.1, 0.15) is 13.3 Å². The summed E-state index contributed by atoms with van der Waals surface area (Å²) in [5, 5.41) is 14.4. The maximum atomic E-state index is 8.91. The van der Waals surface area contributed by atoms with Crippen LogP contribution < -0.4 is 10.1 Å². The third-order valence-electron chi connectivity index (χ3n) is 3.21. The number of fused-ring (bicyclic) bond motifs is 1. The Hall–Kier alpha value is -1.81. The first-order valence-electron chi connectivity index (χ1n) is 6.52. The van der Waals surface area contributed by atoms with Crippen molar-refractivity contribution in [3.8, 4) is 5.75 Å². The maximum Gasteiger partial charge on any atom is 0.133 e. The average Bonchev–Trinajstić information content (AvgIpc) is 2.44. The molecule has 0 radical (unpaired) electrons. The molecule has 2 aromatic rings. The second kappa shape index (κ2) is 6.38. The minimum Gasteiger partial charge on any atom is -0.497 e. The smallest absolute Gasteiger partial charge is 0.133 e. The number of aliphatic hydroxyl groups is 1. The van der Waals surface area contributed by atoms with Gasteiger partial charge in [-0.3, -0.25) is 0 Å². The third kappa shape index (κ3) is 3.35. The Labute approximate surface area is 113 Å². The molecule has 1 atom stereocenters. The van der Waals surface area contributed by atoms with E-state index in [9.17, 15) is 0 Å². The lowest BCUT2D eigenvalue weighted by Crippen LogP contribution is -2.13. The number of nitrogens with one attached hydrogen (secondary N) is 1. The highest BCUT2D eigenvalue weighted by Gasteiger charge is 2.06. The normalized spacial score (nSPS) is 12.4. The molecule has 0 saturated carbocycles. The molecule has 1 heterocycles. The van der Waals surface area contributed by atoms with Crippen molar-refractivity contribution in [1.82, 2.24) is 4.98 Å². The van der Waals surface area contributed by atoms with Crippen molar-refractivity contribution in [2.24, 2.45) is 5.92 Å². The largest absolute Gasteiger partial charge is 0.497 e. The van der Waals surface area contributed by atoms with Crippen LogP contribution in [0.3, 0.4) is 0 Å². The fourth-order valence-corrected chi connectivity index (χ4v) is 2.01. The van der Waals surface area contributed by atoms with Crippen molar-refractivity contribution in [3.05, 3.63) is 30.5 Å². The highest BCUT2D eigenvalue weighted by molar-refractivity contribution is 5.92. The fourth-order valence-electron chi connectivity index (χ4n) is 2.01. The molecule has 1 unspecified atom stereocenters. The van der Waals surface area contributed by atoms with Gasteiger partial charge in [-0.15, -0.1) is 0 Å². The molecule has 0 spiro atoms. The molecule has 0 saturated heterocycles. The summed E-state index contributed by atoms with van der Waals surface area (Å²) in [4.78, 5) is 4.39. The fraction of sp³-hybridized carbons (Fsp3) is 0.400. The number of aliphatic hydroxyl groups excluding tert-OH is 1. The highest BCUT2D eigenvalue weighted by atomic mass is 16.5. The van der Waals surface area contributed by atoms with Gasteiger partial charge in [0.25, 0.3) is 0 Å². The average molecular weight is 260 g/mol. The molecule has 0 aliphatic rings. The van der Waals surface area contributed by atoms with Gasteiger partial charge in [-0.25, -0.2) is 4.98 Å². The molecule has 4 heteroatoms. The molecule has 2 N–H and O–H groups in total. The van der Waals surface area contributed by atoms with E-state index >= 15 is 0 Å². The summed E-state index contributed by atoms with van der Waals surface area (Å²) in [6, 6.07) is 7.94. The molecule has 0 aliphatic carbocycles. The molecule has 1 aromatic heterocycles. The van der Waals surface area contributed by atoms with Crippen LogP contribution >= 0.6 is 0 Å². The van der Waals surface area contributed by atoms with Crippen molar-refractivity contribution in [2.45, 2.75) is 13.3 Å². The molecule has 4 nitrogen and oxygen atoms in total. The number of anilines is 1. The summed E-state index contributed by atoms with van der Waals surface area (Å²) in [5.74, 6) is 2.10. The second-order valence-electron chi connectivity index (χ2n) is 4.74. The van der Waals surface area contributed by atoms with Gasteiger partial charge in [0.15, 0.2) is 0 Å². The zero-order valence-electron chi connectivity index (χ0n) is 11.4. The standard InChI is InChI=1S/C15H20N2O2/c1-11(6-8-18)10-17-15-14-9-13(19-2)4-3-12(14)5-7-16-15/h3-5,7,9,11,18H,6,8,10H2,1-2H3,(H,16,17). The van der Waals surface area contributed by atoms with E-state index in [1.54, 1.807) is 13.3 Å². The Balaban J connectivity index is 2.22. The van der Waals surface area contributed by atoms with Gasteiger partial charge in [0.05, 0.1) is 7.11 Å². The van der Waals surface area contributed by atoms with E-state index in [1.807, 2.05) is 24.3 Å². The molecule has 2 rings (SSSR count). The van der Waals surface area contributed by atoms with Crippen LogP contribution in [0.25, 0.3) is 10.8 Å². The molecular weight excluding hydrogens is 240 g/mol. The van der Waals surface area contributed by atoms with E-state index in [0.717, 1.165) is 35.3 Å². The number of rotatable bonds is 6. The molecular formula is C15H20N2O2. The number of hydrogen-bond acceptors (Lipinski definition) is 4. The lowest BCUT2D eigenvalue weighted by molar-refractivity contribution is 0.266. The summed E-state index contributed by atoms with van der Waals surface area (Å²) in [6.07, 6.45) is 2.59. The molecule has 19 heavy (non-hydrogen) atoms. The minimum atomic E-state index is 0.222. The third-order valence-corrected chi connectivity index (χ3v) is 3.21. The number of aromatic nitrogens is 1. The Bertz CT molecular complexity index is 543. The van der Waals surface area contributed by atoms with Crippen LogP contribution in [0.4, 0.5) is 5.82 Å². The monoisotopic (exact) mass is 260 g/mol. The predicted molar refractivity (Wildman–Crippen MR) is 77.7 cm³/mol. The number of nitrogens with zero attached hydrogens (tertiary/aromatic N) is 1. The molecule has 1 aromatic carbocycles. The molecule has 0 aliphatic heterocycles. The maximum absolute atomic E-state index is 8.91. The predicted octanol–water partition coefficient (Wildman–Crippen LogP) is 2.67. The molecule has 0 bridgehead atoms. The first-order valence-corrected chi connectivity index (χ1v) is 6.52. The van der Waals surface area contributed by atoms with Crippen LogP contribution in [0, 0.1) is 5.92 Å². The Kier molecular flexibility index (Phi) is 4.58.